The molecule has 120 valence electrons. The molecule has 1 saturated carbocycles. The van der Waals surface area contributed by atoms with Gasteiger partial charge in [-0.05, 0) is 26.7 Å². The van der Waals surface area contributed by atoms with Crippen LogP contribution in [-0.4, -0.2) is 50.0 Å². The second-order valence-electron chi connectivity index (χ2n) is 6.09. The van der Waals surface area contributed by atoms with Gasteiger partial charge < -0.3 is 10.1 Å². The summed E-state index contributed by atoms with van der Waals surface area (Å²) in [5.41, 5.74) is -0.663. The average molecular weight is 316 g/mol. The summed E-state index contributed by atoms with van der Waals surface area (Å²) in [6, 6.07) is 0.639. The first-order chi connectivity index (χ1) is 9.82. The maximum absolute atomic E-state index is 12.3. The topological polar surface area (TPSA) is 85.2 Å². The molecule has 1 fully saturated rings. The molecule has 0 spiro atoms. The summed E-state index contributed by atoms with van der Waals surface area (Å²) < 4.78 is 33.9. The molecule has 0 bridgehead atoms. The third-order valence-corrected chi connectivity index (χ3v) is 4.84. The van der Waals surface area contributed by atoms with Gasteiger partial charge in [0.2, 0.25) is 10.0 Å². The van der Waals surface area contributed by atoms with Gasteiger partial charge in [-0.25, -0.2) is 13.1 Å². The average Bonchev–Trinajstić information content (AvgIpc) is 3.03. The van der Waals surface area contributed by atoms with E-state index in [1.807, 2.05) is 0 Å². The zero-order chi connectivity index (χ0) is 15.5. The van der Waals surface area contributed by atoms with Crippen LogP contribution in [0.1, 0.15) is 26.7 Å². The van der Waals surface area contributed by atoms with Gasteiger partial charge in [-0.1, -0.05) is 0 Å². The maximum Gasteiger partial charge on any atom is 0.244 e. The van der Waals surface area contributed by atoms with Crippen LogP contribution < -0.4 is 10.0 Å². The van der Waals surface area contributed by atoms with Crippen LogP contribution in [0.15, 0.2) is 17.3 Å². The number of aromatic nitrogens is 2. The van der Waals surface area contributed by atoms with Gasteiger partial charge >= 0.3 is 0 Å². The number of methoxy groups -OCH3 is 1. The molecule has 1 aliphatic rings. The lowest BCUT2D eigenvalue weighted by molar-refractivity contribution is 0.141. The highest BCUT2D eigenvalue weighted by Gasteiger charge is 2.27. The third-order valence-electron chi connectivity index (χ3n) is 3.19. The smallest absolute Gasteiger partial charge is 0.244 e. The van der Waals surface area contributed by atoms with Crippen LogP contribution in [0.25, 0.3) is 0 Å². The molecule has 0 aliphatic heterocycles. The van der Waals surface area contributed by atoms with Crippen molar-refractivity contribution in [3.8, 4) is 0 Å². The molecule has 1 aromatic rings. The number of nitrogens with one attached hydrogen (secondary N) is 2. The van der Waals surface area contributed by atoms with E-state index in [1.165, 1.54) is 19.0 Å². The fraction of sp³-hybridized carbons (Fsp3) is 0.769. The first-order valence-electron chi connectivity index (χ1n) is 7.11. The van der Waals surface area contributed by atoms with Crippen LogP contribution in [0.4, 0.5) is 0 Å². The van der Waals surface area contributed by atoms with Crippen LogP contribution in [0.2, 0.25) is 0 Å². The quantitative estimate of drug-likeness (QED) is 0.686. The van der Waals surface area contributed by atoms with Crippen molar-refractivity contribution >= 4 is 10.0 Å². The van der Waals surface area contributed by atoms with Gasteiger partial charge in [-0.2, -0.15) is 5.10 Å². The van der Waals surface area contributed by atoms with Gasteiger partial charge in [-0.3, -0.25) is 4.68 Å². The molecule has 21 heavy (non-hydrogen) atoms. The maximum atomic E-state index is 12.3. The van der Waals surface area contributed by atoms with Gasteiger partial charge in [0.25, 0.3) is 0 Å². The minimum absolute atomic E-state index is 0.179. The number of nitrogens with zero attached hydrogens (tertiary/aromatic N) is 2. The molecule has 1 aliphatic carbocycles. The van der Waals surface area contributed by atoms with E-state index in [4.69, 9.17) is 4.74 Å². The van der Waals surface area contributed by atoms with Gasteiger partial charge in [-0.15, -0.1) is 0 Å². The molecule has 2 rings (SSSR count). The summed E-state index contributed by atoms with van der Waals surface area (Å²) >= 11 is 0. The first-order valence-corrected chi connectivity index (χ1v) is 8.59. The van der Waals surface area contributed by atoms with Crippen molar-refractivity contribution in [3.63, 3.8) is 0 Å². The zero-order valence-electron chi connectivity index (χ0n) is 12.8. The highest BCUT2D eigenvalue weighted by atomic mass is 32.2. The molecule has 0 unspecified atom stereocenters. The Hall–Kier alpha value is -0.960. The van der Waals surface area contributed by atoms with E-state index in [9.17, 15) is 8.42 Å². The summed E-state index contributed by atoms with van der Waals surface area (Å²) in [4.78, 5) is 0.179. The minimum atomic E-state index is -3.58. The Bertz CT molecular complexity index is 564. The summed E-state index contributed by atoms with van der Waals surface area (Å²) in [6.07, 6.45) is 5.40. The van der Waals surface area contributed by atoms with E-state index in [1.54, 1.807) is 31.8 Å². The summed E-state index contributed by atoms with van der Waals surface area (Å²) in [5, 5.41) is 7.47. The van der Waals surface area contributed by atoms with E-state index >= 15 is 0 Å². The third kappa shape index (κ3) is 5.06. The largest absolute Gasteiger partial charge is 0.383 e. The SMILES string of the molecule is COCC(C)(C)NS(=O)(=O)c1cnn(CCNC2CC2)c1. The predicted molar refractivity (Wildman–Crippen MR) is 79.5 cm³/mol. The van der Waals surface area contributed by atoms with Crippen LogP contribution in [-0.2, 0) is 21.3 Å². The second-order valence-corrected chi connectivity index (χ2v) is 7.77. The summed E-state index contributed by atoms with van der Waals surface area (Å²) in [6.45, 7) is 5.31. The lowest BCUT2D eigenvalue weighted by atomic mass is 10.1. The van der Waals surface area contributed by atoms with Crippen molar-refractivity contribution in [2.24, 2.45) is 0 Å². The Labute approximate surface area is 126 Å². The molecule has 0 radical (unpaired) electrons. The monoisotopic (exact) mass is 316 g/mol. The molecule has 0 amide bonds. The summed E-state index contributed by atoms with van der Waals surface area (Å²) in [5.74, 6) is 0. The first kappa shape index (κ1) is 16.4. The highest BCUT2D eigenvalue weighted by Crippen LogP contribution is 2.18. The Kier molecular flexibility index (Phi) is 5.03. The van der Waals surface area contributed by atoms with Crippen LogP contribution >= 0.6 is 0 Å². The summed E-state index contributed by atoms with van der Waals surface area (Å²) in [7, 11) is -2.04. The normalized spacial score (nSPS) is 16.3. The van der Waals surface area contributed by atoms with Crippen molar-refractivity contribution < 1.29 is 13.2 Å². The molecule has 1 heterocycles. The molecule has 2 N–H and O–H groups in total. The van der Waals surface area contributed by atoms with Crippen molar-refractivity contribution in [1.82, 2.24) is 19.8 Å². The van der Waals surface area contributed by atoms with E-state index in [0.717, 1.165) is 6.54 Å². The van der Waals surface area contributed by atoms with Crippen molar-refractivity contribution in [3.05, 3.63) is 12.4 Å². The van der Waals surface area contributed by atoms with Crippen LogP contribution in [0.3, 0.4) is 0 Å². The molecule has 0 saturated heterocycles. The standard InChI is InChI=1S/C13H24N4O3S/c1-13(2,10-20-3)16-21(18,19)12-8-15-17(9-12)7-6-14-11-4-5-11/h8-9,11,14,16H,4-7,10H2,1-3H3. The van der Waals surface area contributed by atoms with Gasteiger partial charge in [0.1, 0.15) is 4.90 Å². The molecular formula is C13H24N4O3S. The van der Waals surface area contributed by atoms with E-state index in [0.29, 0.717) is 19.2 Å². The fourth-order valence-electron chi connectivity index (χ4n) is 2.09. The minimum Gasteiger partial charge on any atom is -0.383 e. The molecular weight excluding hydrogens is 292 g/mol. The van der Waals surface area contributed by atoms with Crippen LogP contribution in [0.5, 0.6) is 0 Å². The lowest BCUT2D eigenvalue weighted by Crippen LogP contribution is -2.46. The molecule has 7 nitrogen and oxygen atoms in total. The van der Waals surface area contributed by atoms with Crippen molar-refractivity contribution in [2.45, 2.75) is 49.7 Å². The molecule has 0 aromatic carbocycles. The van der Waals surface area contributed by atoms with Gasteiger partial charge in [0, 0.05) is 25.9 Å². The van der Waals surface area contributed by atoms with Crippen molar-refractivity contribution in [1.29, 1.82) is 0 Å². The Balaban J connectivity index is 1.94. The van der Waals surface area contributed by atoms with Gasteiger partial charge in [0.05, 0.1) is 24.9 Å². The number of hydrogen-bond acceptors (Lipinski definition) is 5. The number of ether oxygens (including phenoxy) is 1. The number of hydrogen-bond donors (Lipinski definition) is 2. The molecule has 1 aromatic heterocycles. The van der Waals surface area contributed by atoms with E-state index < -0.39 is 15.6 Å². The lowest BCUT2D eigenvalue weighted by Gasteiger charge is -2.24. The van der Waals surface area contributed by atoms with E-state index in [2.05, 4.69) is 15.1 Å². The molecule has 0 atom stereocenters. The predicted octanol–water partition coefficient (Wildman–Crippen LogP) is 0.338. The Morgan fingerprint density at radius 3 is 2.81 bits per heavy atom. The number of sulfonamides is 1. The Morgan fingerprint density at radius 2 is 2.19 bits per heavy atom. The zero-order valence-corrected chi connectivity index (χ0v) is 13.6. The second kappa shape index (κ2) is 6.43. The Morgan fingerprint density at radius 1 is 1.48 bits per heavy atom. The van der Waals surface area contributed by atoms with Crippen molar-refractivity contribution in [2.75, 3.05) is 20.3 Å². The fourth-order valence-corrected chi connectivity index (χ4v) is 3.44. The van der Waals surface area contributed by atoms with E-state index in [-0.39, 0.29) is 4.90 Å². The van der Waals surface area contributed by atoms with Gasteiger partial charge in [0.15, 0.2) is 0 Å². The molecule has 8 heteroatoms. The highest BCUT2D eigenvalue weighted by molar-refractivity contribution is 7.89. The number of rotatable bonds is 9. The van der Waals surface area contributed by atoms with Crippen LogP contribution in [0, 0.1) is 0 Å².